The highest BCUT2D eigenvalue weighted by molar-refractivity contribution is 7.99. The molecule has 0 aliphatic carbocycles. The Bertz CT molecular complexity index is 163. The molecule has 0 spiro atoms. The highest BCUT2D eigenvalue weighted by Gasteiger charge is 2.30. The first-order valence-electron chi connectivity index (χ1n) is 4.05. The van der Waals surface area contributed by atoms with Gasteiger partial charge >= 0.3 is 5.97 Å². The highest BCUT2D eigenvalue weighted by atomic mass is 32.2. The van der Waals surface area contributed by atoms with Crippen LogP contribution in [0.5, 0.6) is 0 Å². The molecule has 0 bridgehead atoms. The number of rotatable bonds is 1. The summed E-state index contributed by atoms with van der Waals surface area (Å²) in [6, 6.07) is 0. The number of hydrogen-bond acceptors (Lipinski definition) is 3. The molecule has 0 aromatic heterocycles. The maximum absolute atomic E-state index is 13.2. The van der Waals surface area contributed by atoms with Crippen LogP contribution in [0.25, 0.3) is 0 Å². The van der Waals surface area contributed by atoms with Crippen LogP contribution in [0.3, 0.4) is 0 Å². The van der Waals surface area contributed by atoms with Crippen LogP contribution in [0.4, 0.5) is 4.39 Å². The van der Waals surface area contributed by atoms with Crippen LogP contribution in [0, 0.1) is 5.92 Å². The van der Waals surface area contributed by atoms with E-state index in [9.17, 15) is 9.18 Å². The zero-order chi connectivity index (χ0) is 8.97. The van der Waals surface area contributed by atoms with Gasteiger partial charge in [-0.2, -0.15) is 11.8 Å². The van der Waals surface area contributed by atoms with E-state index in [2.05, 4.69) is 4.74 Å². The van der Waals surface area contributed by atoms with Crippen LogP contribution in [-0.4, -0.2) is 30.8 Å². The summed E-state index contributed by atoms with van der Waals surface area (Å²) in [5.41, 5.74) is 0. The number of carbonyl (C=O) groups is 1. The molecule has 1 fully saturated rings. The number of alkyl halides is 1. The Hall–Kier alpha value is -0.250. The number of methoxy groups -OCH3 is 1. The number of carbonyl (C=O) groups excluding carboxylic acids is 1. The molecule has 1 aliphatic heterocycles. The van der Waals surface area contributed by atoms with E-state index in [1.165, 1.54) is 7.11 Å². The van der Waals surface area contributed by atoms with Gasteiger partial charge in [0.25, 0.3) is 0 Å². The van der Waals surface area contributed by atoms with Crippen molar-refractivity contribution in [2.75, 3.05) is 18.6 Å². The average Bonchev–Trinajstić information content (AvgIpc) is 2.28. The second-order valence-electron chi connectivity index (χ2n) is 2.84. The van der Waals surface area contributed by atoms with Crippen LogP contribution in [0.1, 0.15) is 12.8 Å². The van der Waals surface area contributed by atoms with Crippen LogP contribution in [0.15, 0.2) is 0 Å². The van der Waals surface area contributed by atoms with Gasteiger partial charge in [0.1, 0.15) is 6.17 Å². The predicted molar refractivity (Wildman–Crippen MR) is 47.0 cm³/mol. The summed E-state index contributed by atoms with van der Waals surface area (Å²) in [6.07, 6.45) is 0.0793. The van der Waals surface area contributed by atoms with Crippen molar-refractivity contribution in [1.29, 1.82) is 0 Å². The van der Waals surface area contributed by atoms with E-state index < -0.39 is 18.1 Å². The molecule has 2 unspecified atom stereocenters. The lowest BCUT2D eigenvalue weighted by molar-refractivity contribution is -0.147. The first kappa shape index (κ1) is 9.84. The lowest BCUT2D eigenvalue weighted by atomic mass is 9.99. The van der Waals surface area contributed by atoms with E-state index in [-0.39, 0.29) is 0 Å². The summed E-state index contributed by atoms with van der Waals surface area (Å²) < 4.78 is 17.8. The molecule has 0 aromatic rings. The van der Waals surface area contributed by atoms with Crippen LogP contribution >= 0.6 is 11.8 Å². The normalized spacial score (nSPS) is 30.8. The van der Waals surface area contributed by atoms with Gasteiger partial charge in [-0.15, -0.1) is 0 Å². The van der Waals surface area contributed by atoms with E-state index in [1.54, 1.807) is 11.8 Å². The van der Waals surface area contributed by atoms with Gasteiger partial charge < -0.3 is 4.74 Å². The van der Waals surface area contributed by atoms with Crippen molar-refractivity contribution in [3.05, 3.63) is 0 Å². The zero-order valence-electron chi connectivity index (χ0n) is 7.09. The Morgan fingerprint density at radius 1 is 1.50 bits per heavy atom. The molecule has 0 N–H and O–H groups in total. The molecular formula is C8H13FO2S. The van der Waals surface area contributed by atoms with Crippen molar-refractivity contribution < 1.29 is 13.9 Å². The number of halogens is 1. The molecule has 1 heterocycles. The predicted octanol–water partition coefficient (Wildman–Crippen LogP) is 1.64. The smallest absolute Gasteiger partial charge is 0.311 e. The van der Waals surface area contributed by atoms with Crippen molar-refractivity contribution in [2.45, 2.75) is 19.0 Å². The number of thioether (sulfide) groups is 1. The van der Waals surface area contributed by atoms with E-state index in [0.717, 1.165) is 11.5 Å². The van der Waals surface area contributed by atoms with Crippen molar-refractivity contribution in [3.8, 4) is 0 Å². The first-order valence-corrected chi connectivity index (χ1v) is 5.21. The Labute approximate surface area is 75.9 Å². The van der Waals surface area contributed by atoms with Gasteiger partial charge in [0.15, 0.2) is 0 Å². The molecule has 1 saturated heterocycles. The monoisotopic (exact) mass is 192 g/mol. The highest BCUT2D eigenvalue weighted by Crippen LogP contribution is 2.25. The van der Waals surface area contributed by atoms with Gasteiger partial charge in [0.2, 0.25) is 0 Å². The summed E-state index contributed by atoms with van der Waals surface area (Å²) in [5, 5.41) is 0. The summed E-state index contributed by atoms with van der Waals surface area (Å²) in [4.78, 5) is 11.1. The molecule has 2 nitrogen and oxygen atoms in total. The maximum atomic E-state index is 13.2. The minimum absolute atomic E-state index is 0.398. The molecule has 1 aliphatic rings. The molecule has 1 rings (SSSR count). The van der Waals surface area contributed by atoms with Crippen LogP contribution in [0.2, 0.25) is 0 Å². The lowest BCUT2D eigenvalue weighted by Gasteiger charge is -2.14. The summed E-state index contributed by atoms with van der Waals surface area (Å²) >= 11 is 1.70. The third-order valence-corrected chi connectivity index (χ3v) is 3.10. The quantitative estimate of drug-likeness (QED) is 0.591. The van der Waals surface area contributed by atoms with Gasteiger partial charge in [-0.1, -0.05) is 0 Å². The lowest BCUT2D eigenvalue weighted by Crippen LogP contribution is -2.26. The fraction of sp³-hybridized carbons (Fsp3) is 0.875. The molecule has 0 saturated carbocycles. The minimum Gasteiger partial charge on any atom is -0.469 e. The molecule has 2 atom stereocenters. The molecule has 12 heavy (non-hydrogen) atoms. The maximum Gasteiger partial charge on any atom is 0.311 e. The number of hydrogen-bond donors (Lipinski definition) is 0. The fourth-order valence-electron chi connectivity index (χ4n) is 1.31. The van der Waals surface area contributed by atoms with Gasteiger partial charge in [0.05, 0.1) is 13.0 Å². The molecule has 0 radical (unpaired) electrons. The fourth-order valence-corrected chi connectivity index (χ4v) is 2.32. The molecule has 4 heteroatoms. The van der Waals surface area contributed by atoms with Gasteiger partial charge in [0, 0.05) is 0 Å². The SMILES string of the molecule is COC(=O)C1CCSCCC1F. The van der Waals surface area contributed by atoms with E-state index in [0.29, 0.717) is 12.8 Å². The summed E-state index contributed by atoms with van der Waals surface area (Å²) in [6.45, 7) is 0. The number of ether oxygens (including phenoxy) is 1. The second-order valence-corrected chi connectivity index (χ2v) is 4.06. The van der Waals surface area contributed by atoms with Crippen molar-refractivity contribution in [3.63, 3.8) is 0 Å². The van der Waals surface area contributed by atoms with E-state index in [1.807, 2.05) is 0 Å². The van der Waals surface area contributed by atoms with Gasteiger partial charge in [-0.3, -0.25) is 4.79 Å². The minimum atomic E-state index is -1.01. The largest absolute Gasteiger partial charge is 0.469 e. The van der Waals surface area contributed by atoms with Crippen molar-refractivity contribution in [2.24, 2.45) is 5.92 Å². The Kier molecular flexibility index (Phi) is 3.85. The second kappa shape index (κ2) is 4.70. The molecular weight excluding hydrogens is 179 g/mol. The van der Waals surface area contributed by atoms with Crippen LogP contribution < -0.4 is 0 Å². The average molecular weight is 192 g/mol. The van der Waals surface area contributed by atoms with Gasteiger partial charge in [-0.25, -0.2) is 4.39 Å². The van der Waals surface area contributed by atoms with E-state index >= 15 is 0 Å². The van der Waals surface area contributed by atoms with Gasteiger partial charge in [-0.05, 0) is 24.3 Å². The van der Waals surface area contributed by atoms with Crippen molar-refractivity contribution in [1.82, 2.24) is 0 Å². The van der Waals surface area contributed by atoms with E-state index in [4.69, 9.17) is 0 Å². The molecule has 70 valence electrons. The first-order chi connectivity index (χ1) is 5.75. The third-order valence-electron chi connectivity index (χ3n) is 2.05. The third kappa shape index (κ3) is 2.37. The van der Waals surface area contributed by atoms with Crippen molar-refractivity contribution >= 4 is 17.7 Å². The molecule has 0 amide bonds. The topological polar surface area (TPSA) is 26.3 Å². The Balaban J connectivity index is 2.52. The summed E-state index contributed by atoms with van der Waals surface area (Å²) in [5.74, 6) is 0.754. The standard InChI is InChI=1S/C8H13FO2S/c1-11-8(10)6-2-4-12-5-3-7(6)9/h6-7H,2-5H2,1H3. The number of esters is 1. The Morgan fingerprint density at radius 3 is 2.83 bits per heavy atom. The summed E-state index contributed by atoms with van der Waals surface area (Å²) in [7, 11) is 1.31. The molecule has 0 aromatic carbocycles. The van der Waals surface area contributed by atoms with Crippen LogP contribution in [-0.2, 0) is 9.53 Å². The zero-order valence-corrected chi connectivity index (χ0v) is 7.90. The Morgan fingerprint density at radius 2 is 2.17 bits per heavy atom.